The molecule has 2 unspecified atom stereocenters. The molecule has 1 fully saturated rings. The van der Waals surface area contributed by atoms with Gasteiger partial charge in [0.15, 0.2) is 0 Å². The molecular formula is C31H34N2O4. The fourth-order valence-corrected chi connectivity index (χ4v) is 5.77. The second kappa shape index (κ2) is 11.1. The lowest BCUT2D eigenvalue weighted by Gasteiger charge is -2.46. The van der Waals surface area contributed by atoms with Gasteiger partial charge in [0.2, 0.25) is 5.91 Å². The topological polar surface area (TPSA) is 67.9 Å². The quantitative estimate of drug-likeness (QED) is 0.412. The van der Waals surface area contributed by atoms with Gasteiger partial charge in [-0.15, -0.1) is 0 Å². The monoisotopic (exact) mass is 498 g/mol. The zero-order valence-corrected chi connectivity index (χ0v) is 21.5. The number of nitrogens with one attached hydrogen (secondary N) is 1. The van der Waals surface area contributed by atoms with Crippen molar-refractivity contribution in [2.45, 2.75) is 57.0 Å². The van der Waals surface area contributed by atoms with Crippen molar-refractivity contribution in [2.75, 3.05) is 19.0 Å². The van der Waals surface area contributed by atoms with E-state index in [-0.39, 0.29) is 17.9 Å². The number of hydrogen-bond donors (Lipinski definition) is 1. The molecule has 1 N–H and O–H groups in total. The predicted octanol–water partition coefficient (Wildman–Crippen LogP) is 6.35. The van der Waals surface area contributed by atoms with E-state index in [0.29, 0.717) is 17.9 Å². The molecule has 3 aromatic carbocycles. The predicted molar refractivity (Wildman–Crippen MR) is 144 cm³/mol. The first-order valence-corrected chi connectivity index (χ1v) is 13.2. The highest BCUT2D eigenvalue weighted by Crippen LogP contribution is 2.46. The first kappa shape index (κ1) is 24.9. The number of ether oxygens (including phenoxy) is 2. The van der Waals surface area contributed by atoms with E-state index < -0.39 is 12.0 Å². The summed E-state index contributed by atoms with van der Waals surface area (Å²) >= 11 is 0. The molecule has 5 rings (SSSR count). The van der Waals surface area contributed by atoms with Gasteiger partial charge in [0.1, 0.15) is 11.5 Å². The van der Waals surface area contributed by atoms with Crippen LogP contribution >= 0.6 is 0 Å². The van der Waals surface area contributed by atoms with Crippen molar-refractivity contribution in [3.8, 4) is 11.5 Å². The molecule has 3 aromatic rings. The average molecular weight is 499 g/mol. The number of nitrogens with zero attached hydrogens (tertiary/aromatic N) is 1. The number of methoxy groups -OCH3 is 1. The van der Waals surface area contributed by atoms with E-state index in [1.54, 1.807) is 7.11 Å². The Labute approximate surface area is 218 Å². The summed E-state index contributed by atoms with van der Waals surface area (Å²) in [5.74, 6) is 0.814. The van der Waals surface area contributed by atoms with Crippen molar-refractivity contribution in [3.63, 3.8) is 0 Å². The van der Waals surface area contributed by atoms with Gasteiger partial charge in [-0.3, -0.25) is 9.59 Å². The first-order valence-electron chi connectivity index (χ1n) is 13.2. The van der Waals surface area contributed by atoms with Gasteiger partial charge >= 0.3 is 0 Å². The third-order valence-electron chi connectivity index (χ3n) is 7.52. The molecule has 0 bridgehead atoms. The molecule has 0 radical (unpaired) electrons. The molecule has 1 aliphatic heterocycles. The van der Waals surface area contributed by atoms with E-state index in [1.165, 1.54) is 6.42 Å². The number of benzene rings is 3. The van der Waals surface area contributed by atoms with Gasteiger partial charge in [0.05, 0.1) is 25.7 Å². The SMILES string of the molecule is CCOc1ccc(NC(=O)C2c3ccccc3C(=O)N(C3CCCCC3)C2c2ccc(OC)cc2)cc1. The molecular weight excluding hydrogens is 464 g/mol. The largest absolute Gasteiger partial charge is 0.497 e. The maximum absolute atomic E-state index is 14.1. The van der Waals surface area contributed by atoms with Gasteiger partial charge in [0, 0.05) is 17.3 Å². The molecule has 1 heterocycles. The van der Waals surface area contributed by atoms with Crippen LogP contribution in [0.3, 0.4) is 0 Å². The summed E-state index contributed by atoms with van der Waals surface area (Å²) < 4.78 is 10.9. The fraction of sp³-hybridized carbons (Fsp3) is 0.355. The minimum absolute atomic E-state index is 0.00781. The van der Waals surface area contributed by atoms with Crippen LogP contribution in [0.4, 0.5) is 5.69 Å². The van der Waals surface area contributed by atoms with Crippen LogP contribution in [-0.2, 0) is 4.79 Å². The van der Waals surface area contributed by atoms with E-state index in [1.807, 2.05) is 84.6 Å². The van der Waals surface area contributed by atoms with E-state index in [9.17, 15) is 9.59 Å². The molecule has 2 amide bonds. The molecule has 1 aliphatic carbocycles. The molecule has 2 aliphatic rings. The lowest BCUT2D eigenvalue weighted by atomic mass is 9.77. The van der Waals surface area contributed by atoms with Gasteiger partial charge in [0.25, 0.3) is 5.91 Å². The minimum Gasteiger partial charge on any atom is -0.497 e. The van der Waals surface area contributed by atoms with E-state index in [4.69, 9.17) is 9.47 Å². The number of fused-ring (bicyclic) bond motifs is 1. The normalized spacial score (nSPS) is 19.7. The summed E-state index contributed by atoms with van der Waals surface area (Å²) in [5, 5.41) is 3.13. The smallest absolute Gasteiger partial charge is 0.254 e. The van der Waals surface area contributed by atoms with Crippen molar-refractivity contribution in [1.82, 2.24) is 4.90 Å². The van der Waals surface area contributed by atoms with Crippen molar-refractivity contribution in [1.29, 1.82) is 0 Å². The van der Waals surface area contributed by atoms with Crippen molar-refractivity contribution in [2.24, 2.45) is 0 Å². The van der Waals surface area contributed by atoms with Gasteiger partial charge in [-0.1, -0.05) is 49.6 Å². The maximum Gasteiger partial charge on any atom is 0.254 e. The highest BCUT2D eigenvalue weighted by atomic mass is 16.5. The third kappa shape index (κ3) is 5.06. The molecule has 192 valence electrons. The Bertz CT molecular complexity index is 1230. The number of carbonyl (C=O) groups excluding carboxylic acids is 2. The Hall–Kier alpha value is -3.80. The molecule has 6 nitrogen and oxygen atoms in total. The number of hydrogen-bond acceptors (Lipinski definition) is 4. The number of amides is 2. The standard InChI is InChI=1S/C31H34N2O4/c1-3-37-25-19-15-22(16-20-25)32-30(34)28-26-11-7-8-12-27(26)31(35)33(23-9-5-4-6-10-23)29(28)21-13-17-24(36-2)18-14-21/h7-8,11-20,23,28-29H,3-6,9-10H2,1-2H3,(H,32,34). The van der Waals surface area contributed by atoms with Crippen LogP contribution in [0.1, 0.15) is 72.5 Å². The first-order chi connectivity index (χ1) is 18.1. The van der Waals surface area contributed by atoms with Crippen LogP contribution in [0.2, 0.25) is 0 Å². The van der Waals surface area contributed by atoms with Gasteiger partial charge in [-0.2, -0.15) is 0 Å². The van der Waals surface area contributed by atoms with Crippen molar-refractivity contribution >= 4 is 17.5 Å². The zero-order valence-electron chi connectivity index (χ0n) is 21.5. The Morgan fingerprint density at radius 3 is 2.27 bits per heavy atom. The average Bonchev–Trinajstić information content (AvgIpc) is 2.94. The summed E-state index contributed by atoms with van der Waals surface area (Å²) in [4.78, 5) is 30.1. The van der Waals surface area contributed by atoms with E-state index in [0.717, 1.165) is 48.3 Å². The lowest BCUT2D eigenvalue weighted by Crippen LogP contribution is -2.51. The highest BCUT2D eigenvalue weighted by molar-refractivity contribution is 6.04. The van der Waals surface area contributed by atoms with Crippen LogP contribution in [-0.4, -0.2) is 36.5 Å². The summed E-state index contributed by atoms with van der Waals surface area (Å²) in [6, 6.07) is 22.4. The third-order valence-corrected chi connectivity index (χ3v) is 7.52. The maximum atomic E-state index is 14.1. The Morgan fingerprint density at radius 2 is 1.59 bits per heavy atom. The molecule has 6 heteroatoms. The minimum atomic E-state index is -0.559. The Balaban J connectivity index is 1.58. The molecule has 1 saturated carbocycles. The van der Waals surface area contributed by atoms with Crippen LogP contribution in [0.15, 0.2) is 72.8 Å². The van der Waals surface area contributed by atoms with Crippen LogP contribution in [0.5, 0.6) is 11.5 Å². The molecule has 2 atom stereocenters. The fourth-order valence-electron chi connectivity index (χ4n) is 5.77. The van der Waals surface area contributed by atoms with Gasteiger partial charge < -0.3 is 19.7 Å². The van der Waals surface area contributed by atoms with Crippen LogP contribution in [0, 0.1) is 0 Å². The van der Waals surface area contributed by atoms with Crippen LogP contribution < -0.4 is 14.8 Å². The molecule has 37 heavy (non-hydrogen) atoms. The van der Waals surface area contributed by atoms with Crippen LogP contribution in [0.25, 0.3) is 0 Å². The Morgan fingerprint density at radius 1 is 0.919 bits per heavy atom. The molecule has 0 aromatic heterocycles. The summed E-state index contributed by atoms with van der Waals surface area (Å²) in [7, 11) is 1.64. The number of anilines is 1. The van der Waals surface area contributed by atoms with E-state index in [2.05, 4.69) is 5.32 Å². The zero-order chi connectivity index (χ0) is 25.8. The number of carbonyl (C=O) groups is 2. The summed E-state index contributed by atoms with van der Waals surface area (Å²) in [6.07, 6.45) is 5.27. The van der Waals surface area contributed by atoms with E-state index >= 15 is 0 Å². The Kier molecular flexibility index (Phi) is 7.45. The molecule has 0 saturated heterocycles. The van der Waals surface area contributed by atoms with Gasteiger partial charge in [-0.05, 0) is 73.4 Å². The summed E-state index contributed by atoms with van der Waals surface area (Å²) in [5.41, 5.74) is 3.01. The number of rotatable bonds is 7. The van der Waals surface area contributed by atoms with Gasteiger partial charge in [-0.25, -0.2) is 0 Å². The highest BCUT2D eigenvalue weighted by Gasteiger charge is 2.46. The molecule has 0 spiro atoms. The van der Waals surface area contributed by atoms with Crippen molar-refractivity contribution in [3.05, 3.63) is 89.5 Å². The summed E-state index contributed by atoms with van der Waals surface area (Å²) in [6.45, 7) is 2.52. The second-order valence-electron chi connectivity index (χ2n) is 9.73. The second-order valence-corrected chi connectivity index (χ2v) is 9.73. The lowest BCUT2D eigenvalue weighted by molar-refractivity contribution is -0.119. The van der Waals surface area contributed by atoms with Crippen molar-refractivity contribution < 1.29 is 19.1 Å².